The van der Waals surface area contributed by atoms with Crippen molar-refractivity contribution < 1.29 is 32.3 Å². The minimum Gasteiger partial charge on any atom is -0.465 e. The maximum absolute atomic E-state index is 12.2. The first-order chi connectivity index (χ1) is 9.06. The van der Waals surface area contributed by atoms with Crippen molar-refractivity contribution in [3.8, 4) is 5.75 Å². The predicted octanol–water partition coefficient (Wildman–Crippen LogP) is 2.63. The summed E-state index contributed by atoms with van der Waals surface area (Å²) in [6, 6.07) is 3.67. The minimum atomic E-state index is -3.04. The molecule has 0 atom stereocenters. The van der Waals surface area contributed by atoms with Crippen molar-refractivity contribution in [1.82, 2.24) is 0 Å². The Kier molecular flexibility index (Phi) is 3.46. The molecule has 0 N–H and O–H groups in total. The lowest BCUT2D eigenvalue weighted by atomic mass is 10.1. The molecular weight excluding hydrogens is 262 g/mol. The Morgan fingerprint density at radius 1 is 1.42 bits per heavy atom. The average Bonchev–Trinajstić information content (AvgIpc) is 2.82. The Bertz CT molecular complexity index is 632. The van der Waals surface area contributed by atoms with Gasteiger partial charge in [-0.25, -0.2) is 4.79 Å². The van der Waals surface area contributed by atoms with Gasteiger partial charge in [0.05, 0.1) is 12.7 Å². The van der Waals surface area contributed by atoms with Crippen molar-refractivity contribution in [2.45, 2.75) is 6.61 Å². The van der Waals surface area contributed by atoms with Crippen LogP contribution in [0.25, 0.3) is 11.0 Å². The van der Waals surface area contributed by atoms with E-state index in [1.165, 1.54) is 19.2 Å². The number of esters is 1. The van der Waals surface area contributed by atoms with Gasteiger partial charge in [0, 0.05) is 5.39 Å². The first kappa shape index (κ1) is 13.0. The van der Waals surface area contributed by atoms with Crippen molar-refractivity contribution in [1.29, 1.82) is 0 Å². The number of halogens is 2. The van der Waals surface area contributed by atoms with Crippen molar-refractivity contribution in [3.05, 3.63) is 29.5 Å². The molecule has 1 aromatic carbocycles. The summed E-state index contributed by atoms with van der Waals surface area (Å²) in [6.45, 7) is -3.04. The summed E-state index contributed by atoms with van der Waals surface area (Å²) in [5.74, 6) is -1.04. The lowest BCUT2D eigenvalue weighted by Gasteiger charge is -2.06. The van der Waals surface area contributed by atoms with E-state index in [1.807, 2.05) is 0 Å². The van der Waals surface area contributed by atoms with Crippen LogP contribution < -0.4 is 4.74 Å². The molecule has 0 saturated heterocycles. The van der Waals surface area contributed by atoms with E-state index in [9.17, 15) is 18.4 Å². The number of benzene rings is 1. The van der Waals surface area contributed by atoms with Crippen LogP contribution in [0.5, 0.6) is 5.75 Å². The van der Waals surface area contributed by atoms with E-state index in [1.54, 1.807) is 0 Å². The molecule has 2 rings (SSSR count). The molecule has 7 heteroatoms. The van der Waals surface area contributed by atoms with Gasteiger partial charge >= 0.3 is 12.6 Å². The third-order valence-electron chi connectivity index (χ3n) is 2.40. The SMILES string of the molecule is COC(=O)c1ccc(OC(F)F)c2oc(C=O)cc12. The molecule has 5 nitrogen and oxygen atoms in total. The van der Waals surface area contributed by atoms with E-state index in [0.29, 0.717) is 6.29 Å². The van der Waals surface area contributed by atoms with Gasteiger partial charge in [0.1, 0.15) is 0 Å². The first-order valence-corrected chi connectivity index (χ1v) is 5.11. The van der Waals surface area contributed by atoms with Gasteiger partial charge in [-0.1, -0.05) is 0 Å². The summed E-state index contributed by atoms with van der Waals surface area (Å²) in [4.78, 5) is 22.2. The zero-order valence-corrected chi connectivity index (χ0v) is 9.68. The largest absolute Gasteiger partial charge is 0.465 e. The van der Waals surface area contributed by atoms with Gasteiger partial charge in [0.25, 0.3) is 0 Å². The highest BCUT2D eigenvalue weighted by molar-refractivity contribution is 6.05. The van der Waals surface area contributed by atoms with E-state index in [2.05, 4.69) is 9.47 Å². The molecule has 0 amide bonds. The molecule has 0 aliphatic carbocycles. The fraction of sp³-hybridized carbons (Fsp3) is 0.167. The second-order valence-corrected chi connectivity index (χ2v) is 3.49. The number of carbonyl (C=O) groups is 2. The van der Waals surface area contributed by atoms with Gasteiger partial charge in [-0.3, -0.25) is 4.79 Å². The summed E-state index contributed by atoms with van der Waals surface area (Å²) in [6.07, 6.45) is 0.396. The number of aldehydes is 1. The Morgan fingerprint density at radius 3 is 2.74 bits per heavy atom. The lowest BCUT2D eigenvalue weighted by Crippen LogP contribution is -2.04. The standard InChI is InChI=1S/C12H8F2O5/c1-17-11(16)7-2-3-9(19-12(13)14)10-8(7)4-6(5-15)18-10/h2-5,12H,1H3. The average molecular weight is 270 g/mol. The summed E-state index contributed by atoms with van der Waals surface area (Å²) in [7, 11) is 1.18. The zero-order chi connectivity index (χ0) is 14.0. The number of carbonyl (C=O) groups excluding carboxylic acids is 2. The number of furan rings is 1. The molecule has 0 spiro atoms. The van der Waals surface area contributed by atoms with Gasteiger partial charge in [0.15, 0.2) is 23.4 Å². The van der Waals surface area contributed by atoms with E-state index in [0.717, 1.165) is 6.07 Å². The number of alkyl halides is 2. The second-order valence-electron chi connectivity index (χ2n) is 3.49. The van der Waals surface area contributed by atoms with Crippen molar-refractivity contribution in [2.75, 3.05) is 7.11 Å². The number of hydrogen-bond acceptors (Lipinski definition) is 5. The van der Waals surface area contributed by atoms with E-state index < -0.39 is 12.6 Å². The quantitative estimate of drug-likeness (QED) is 0.631. The zero-order valence-electron chi connectivity index (χ0n) is 9.68. The second kappa shape index (κ2) is 5.05. The number of ether oxygens (including phenoxy) is 2. The molecule has 100 valence electrons. The molecule has 0 bridgehead atoms. The number of hydrogen-bond donors (Lipinski definition) is 0. The van der Waals surface area contributed by atoms with Crippen LogP contribution in [0.15, 0.2) is 22.6 Å². The van der Waals surface area contributed by atoms with Crippen LogP contribution in [0.3, 0.4) is 0 Å². The summed E-state index contributed by atoms with van der Waals surface area (Å²) in [5, 5.41) is 0.173. The van der Waals surface area contributed by atoms with Gasteiger partial charge in [-0.05, 0) is 18.2 Å². The van der Waals surface area contributed by atoms with Crippen LogP contribution in [-0.4, -0.2) is 26.0 Å². The van der Waals surface area contributed by atoms with E-state index >= 15 is 0 Å². The Morgan fingerprint density at radius 2 is 2.16 bits per heavy atom. The maximum atomic E-state index is 12.2. The Balaban J connectivity index is 2.65. The topological polar surface area (TPSA) is 65.7 Å². The van der Waals surface area contributed by atoms with Gasteiger partial charge in [-0.2, -0.15) is 8.78 Å². The highest BCUT2D eigenvalue weighted by Gasteiger charge is 2.19. The Hall–Kier alpha value is -2.44. The smallest absolute Gasteiger partial charge is 0.387 e. The monoisotopic (exact) mass is 270 g/mol. The van der Waals surface area contributed by atoms with Crippen LogP contribution in [0.1, 0.15) is 20.9 Å². The third kappa shape index (κ3) is 2.40. The fourth-order valence-corrected chi connectivity index (χ4v) is 1.65. The molecule has 0 aliphatic heterocycles. The summed E-state index contributed by atoms with van der Waals surface area (Å²) >= 11 is 0. The molecule has 0 aliphatic rings. The fourth-order valence-electron chi connectivity index (χ4n) is 1.65. The van der Waals surface area contributed by atoms with Crippen molar-refractivity contribution in [3.63, 3.8) is 0 Å². The lowest BCUT2D eigenvalue weighted by molar-refractivity contribution is -0.0493. The van der Waals surface area contributed by atoms with Crippen molar-refractivity contribution in [2.24, 2.45) is 0 Å². The maximum Gasteiger partial charge on any atom is 0.387 e. The molecule has 0 saturated carbocycles. The Labute approximate surface area is 105 Å². The molecular formula is C12H8F2O5. The van der Waals surface area contributed by atoms with Crippen LogP contribution in [0, 0.1) is 0 Å². The van der Waals surface area contributed by atoms with Crippen LogP contribution in [-0.2, 0) is 4.74 Å². The molecule has 1 aromatic heterocycles. The third-order valence-corrected chi connectivity index (χ3v) is 2.40. The van der Waals surface area contributed by atoms with Gasteiger partial charge in [0.2, 0.25) is 0 Å². The molecule has 0 radical (unpaired) electrons. The predicted molar refractivity (Wildman–Crippen MR) is 59.6 cm³/mol. The highest BCUT2D eigenvalue weighted by atomic mass is 19.3. The first-order valence-electron chi connectivity index (χ1n) is 5.11. The van der Waals surface area contributed by atoms with E-state index in [4.69, 9.17) is 4.42 Å². The molecule has 0 unspecified atom stereocenters. The van der Waals surface area contributed by atoms with Crippen LogP contribution in [0.4, 0.5) is 8.78 Å². The summed E-state index contributed by atoms with van der Waals surface area (Å²) < 4.78 is 38.3. The van der Waals surface area contributed by atoms with Crippen molar-refractivity contribution >= 4 is 23.2 Å². The number of rotatable bonds is 4. The number of methoxy groups -OCH3 is 1. The van der Waals surface area contributed by atoms with Crippen LogP contribution in [0.2, 0.25) is 0 Å². The van der Waals surface area contributed by atoms with Crippen LogP contribution >= 0.6 is 0 Å². The summed E-state index contributed by atoms with van der Waals surface area (Å²) in [5.41, 5.74) is -0.0127. The van der Waals surface area contributed by atoms with Gasteiger partial charge < -0.3 is 13.9 Å². The number of fused-ring (bicyclic) bond motifs is 1. The van der Waals surface area contributed by atoms with E-state index in [-0.39, 0.29) is 28.0 Å². The van der Waals surface area contributed by atoms with Gasteiger partial charge in [-0.15, -0.1) is 0 Å². The molecule has 0 fully saturated rings. The minimum absolute atomic E-state index is 0.0935. The molecule has 19 heavy (non-hydrogen) atoms. The normalized spacial score (nSPS) is 10.7. The highest BCUT2D eigenvalue weighted by Crippen LogP contribution is 2.32. The molecule has 2 aromatic rings. The molecule has 1 heterocycles.